The van der Waals surface area contributed by atoms with Gasteiger partial charge in [-0.1, -0.05) is 30.3 Å². The van der Waals surface area contributed by atoms with Gasteiger partial charge in [-0.2, -0.15) is 5.26 Å². The highest BCUT2D eigenvalue weighted by molar-refractivity contribution is 5.17. The van der Waals surface area contributed by atoms with E-state index < -0.39 is 0 Å². The SMILES string of the molecule is N#CC(Cc1ccccc1)NCC1CCCO1. The predicted molar refractivity (Wildman–Crippen MR) is 66.5 cm³/mol. The first kappa shape index (κ1) is 12.1. The first-order valence-corrected chi connectivity index (χ1v) is 6.17. The number of ether oxygens (including phenoxy) is 1. The van der Waals surface area contributed by atoms with Crippen LogP contribution in [-0.4, -0.2) is 25.3 Å². The molecule has 2 unspecified atom stereocenters. The largest absolute Gasteiger partial charge is 0.377 e. The van der Waals surface area contributed by atoms with E-state index in [-0.39, 0.29) is 6.04 Å². The van der Waals surface area contributed by atoms with Crippen molar-refractivity contribution < 1.29 is 4.74 Å². The van der Waals surface area contributed by atoms with E-state index in [1.165, 1.54) is 5.56 Å². The van der Waals surface area contributed by atoms with E-state index in [4.69, 9.17) is 10.00 Å². The molecule has 1 aliphatic heterocycles. The molecule has 0 amide bonds. The van der Waals surface area contributed by atoms with Gasteiger partial charge in [-0.3, -0.25) is 5.32 Å². The van der Waals surface area contributed by atoms with E-state index in [1.54, 1.807) is 0 Å². The third-order valence-corrected chi connectivity index (χ3v) is 3.05. The molecule has 0 spiro atoms. The summed E-state index contributed by atoms with van der Waals surface area (Å²) in [5.74, 6) is 0. The van der Waals surface area contributed by atoms with Gasteiger partial charge in [0.1, 0.15) is 0 Å². The summed E-state index contributed by atoms with van der Waals surface area (Å²) in [6.07, 6.45) is 3.30. The third-order valence-electron chi connectivity index (χ3n) is 3.05. The lowest BCUT2D eigenvalue weighted by Crippen LogP contribution is -2.35. The van der Waals surface area contributed by atoms with Gasteiger partial charge in [0.2, 0.25) is 0 Å². The van der Waals surface area contributed by atoms with Crippen LogP contribution in [-0.2, 0) is 11.2 Å². The molecule has 1 aromatic rings. The van der Waals surface area contributed by atoms with Gasteiger partial charge in [0.15, 0.2) is 0 Å². The van der Waals surface area contributed by atoms with Crippen LogP contribution >= 0.6 is 0 Å². The van der Waals surface area contributed by atoms with Gasteiger partial charge in [-0.05, 0) is 18.4 Å². The second kappa shape index (κ2) is 6.39. The van der Waals surface area contributed by atoms with Crippen molar-refractivity contribution in [2.45, 2.75) is 31.4 Å². The van der Waals surface area contributed by atoms with Gasteiger partial charge < -0.3 is 4.74 Å². The van der Waals surface area contributed by atoms with Crippen LogP contribution < -0.4 is 5.32 Å². The van der Waals surface area contributed by atoms with Crippen LogP contribution in [0.15, 0.2) is 30.3 Å². The first-order valence-electron chi connectivity index (χ1n) is 6.17. The van der Waals surface area contributed by atoms with E-state index in [2.05, 4.69) is 23.5 Å². The van der Waals surface area contributed by atoms with Crippen molar-refractivity contribution in [1.82, 2.24) is 5.32 Å². The fraction of sp³-hybridized carbons (Fsp3) is 0.500. The van der Waals surface area contributed by atoms with Crippen molar-refractivity contribution in [3.05, 3.63) is 35.9 Å². The van der Waals surface area contributed by atoms with Gasteiger partial charge in [0.05, 0.1) is 18.2 Å². The highest BCUT2D eigenvalue weighted by Gasteiger charge is 2.17. The summed E-state index contributed by atoms with van der Waals surface area (Å²) >= 11 is 0. The number of hydrogen-bond donors (Lipinski definition) is 1. The quantitative estimate of drug-likeness (QED) is 0.840. The minimum absolute atomic E-state index is 0.124. The Labute approximate surface area is 102 Å². The molecule has 1 heterocycles. The predicted octanol–water partition coefficient (Wildman–Crippen LogP) is 1.89. The van der Waals surface area contributed by atoms with Gasteiger partial charge in [-0.15, -0.1) is 0 Å². The average molecular weight is 230 g/mol. The normalized spacial score (nSPS) is 21.0. The Hall–Kier alpha value is -1.37. The molecular formula is C14H18N2O. The molecule has 1 aromatic carbocycles. The molecule has 2 rings (SSSR count). The summed E-state index contributed by atoms with van der Waals surface area (Å²) < 4.78 is 5.53. The number of rotatable bonds is 5. The maximum atomic E-state index is 9.11. The Morgan fingerprint density at radius 2 is 2.24 bits per heavy atom. The highest BCUT2D eigenvalue weighted by Crippen LogP contribution is 2.11. The highest BCUT2D eigenvalue weighted by atomic mass is 16.5. The number of hydrogen-bond acceptors (Lipinski definition) is 3. The van der Waals surface area contributed by atoms with Gasteiger partial charge in [-0.25, -0.2) is 0 Å². The van der Waals surface area contributed by atoms with E-state index in [9.17, 15) is 0 Å². The van der Waals surface area contributed by atoms with Crippen molar-refractivity contribution >= 4 is 0 Å². The second-order valence-corrected chi connectivity index (χ2v) is 4.41. The molecule has 0 saturated carbocycles. The summed E-state index contributed by atoms with van der Waals surface area (Å²) in [7, 11) is 0. The van der Waals surface area contributed by atoms with Gasteiger partial charge in [0, 0.05) is 19.6 Å². The summed E-state index contributed by atoms with van der Waals surface area (Å²) in [6, 6.07) is 12.3. The van der Waals surface area contributed by atoms with Crippen molar-refractivity contribution in [3.8, 4) is 6.07 Å². The topological polar surface area (TPSA) is 45.0 Å². The number of nitriles is 1. The zero-order valence-electron chi connectivity index (χ0n) is 9.93. The molecule has 0 aromatic heterocycles. The average Bonchev–Trinajstić information content (AvgIpc) is 2.89. The van der Waals surface area contributed by atoms with Crippen molar-refractivity contribution in [1.29, 1.82) is 5.26 Å². The van der Waals surface area contributed by atoms with Crippen LogP contribution in [0.4, 0.5) is 0 Å². The molecule has 17 heavy (non-hydrogen) atoms. The number of nitrogens with one attached hydrogen (secondary N) is 1. The molecule has 1 N–H and O–H groups in total. The molecule has 0 aliphatic carbocycles. The molecule has 0 bridgehead atoms. The van der Waals surface area contributed by atoms with Crippen molar-refractivity contribution in [2.24, 2.45) is 0 Å². The standard InChI is InChI=1S/C14H18N2O/c15-10-13(9-12-5-2-1-3-6-12)16-11-14-7-4-8-17-14/h1-3,5-6,13-14,16H,4,7-9,11H2. The van der Waals surface area contributed by atoms with Crippen molar-refractivity contribution in [3.63, 3.8) is 0 Å². The third kappa shape index (κ3) is 3.85. The Morgan fingerprint density at radius 1 is 1.41 bits per heavy atom. The maximum absolute atomic E-state index is 9.11. The summed E-state index contributed by atoms with van der Waals surface area (Å²) in [6.45, 7) is 1.65. The summed E-state index contributed by atoms with van der Waals surface area (Å²) in [5.41, 5.74) is 1.19. The summed E-state index contributed by atoms with van der Waals surface area (Å²) in [5, 5.41) is 12.4. The van der Waals surface area contributed by atoms with E-state index in [1.807, 2.05) is 18.2 Å². The first-order chi connectivity index (χ1) is 8.38. The van der Waals surface area contributed by atoms with E-state index in [0.717, 1.165) is 32.4 Å². The monoisotopic (exact) mass is 230 g/mol. The molecule has 3 heteroatoms. The smallest absolute Gasteiger partial charge is 0.0994 e. The second-order valence-electron chi connectivity index (χ2n) is 4.41. The Bertz CT molecular complexity index is 366. The lowest BCUT2D eigenvalue weighted by atomic mass is 10.1. The summed E-state index contributed by atoms with van der Waals surface area (Å²) in [4.78, 5) is 0. The lowest BCUT2D eigenvalue weighted by molar-refractivity contribution is 0.109. The van der Waals surface area contributed by atoms with Crippen molar-refractivity contribution in [2.75, 3.05) is 13.2 Å². The molecule has 1 aliphatic rings. The minimum atomic E-state index is -0.124. The molecular weight excluding hydrogens is 212 g/mol. The fourth-order valence-electron chi connectivity index (χ4n) is 2.09. The Kier molecular flexibility index (Phi) is 4.54. The van der Waals surface area contributed by atoms with Crippen LogP contribution in [0.25, 0.3) is 0 Å². The molecule has 2 atom stereocenters. The maximum Gasteiger partial charge on any atom is 0.0994 e. The van der Waals surface area contributed by atoms with Gasteiger partial charge >= 0.3 is 0 Å². The number of nitrogens with zero attached hydrogens (tertiary/aromatic N) is 1. The number of benzene rings is 1. The molecule has 1 fully saturated rings. The Morgan fingerprint density at radius 3 is 2.88 bits per heavy atom. The molecule has 1 saturated heterocycles. The van der Waals surface area contributed by atoms with Crippen LogP contribution in [0.5, 0.6) is 0 Å². The minimum Gasteiger partial charge on any atom is -0.377 e. The van der Waals surface area contributed by atoms with Gasteiger partial charge in [0.25, 0.3) is 0 Å². The van der Waals surface area contributed by atoms with Crippen LogP contribution in [0.3, 0.4) is 0 Å². The molecule has 90 valence electrons. The zero-order chi connectivity index (χ0) is 11.9. The Balaban J connectivity index is 1.79. The molecule has 0 radical (unpaired) electrons. The van der Waals surface area contributed by atoms with Crippen LogP contribution in [0.2, 0.25) is 0 Å². The van der Waals surface area contributed by atoms with Crippen LogP contribution in [0.1, 0.15) is 18.4 Å². The zero-order valence-corrected chi connectivity index (χ0v) is 9.93. The molecule has 3 nitrogen and oxygen atoms in total. The van der Waals surface area contributed by atoms with E-state index >= 15 is 0 Å². The van der Waals surface area contributed by atoms with E-state index in [0.29, 0.717) is 6.10 Å². The van der Waals surface area contributed by atoms with Crippen LogP contribution in [0, 0.1) is 11.3 Å². The fourth-order valence-corrected chi connectivity index (χ4v) is 2.09. The lowest BCUT2D eigenvalue weighted by Gasteiger charge is -2.15.